The zero-order chi connectivity index (χ0) is 15.7. The van der Waals surface area contributed by atoms with E-state index in [9.17, 15) is 13.2 Å². The van der Waals surface area contributed by atoms with Gasteiger partial charge in [0.05, 0.1) is 0 Å². The Labute approximate surface area is 125 Å². The third-order valence-corrected chi connectivity index (χ3v) is 3.65. The largest absolute Gasteiger partial charge is 0.310 e. The average molecular weight is 301 g/mol. The number of nitrogens with one attached hydrogen (secondary N) is 1. The fourth-order valence-electron chi connectivity index (χ4n) is 2.43. The van der Waals surface area contributed by atoms with E-state index in [0.717, 1.165) is 44.4 Å². The first kappa shape index (κ1) is 18.0. The summed E-state index contributed by atoms with van der Waals surface area (Å²) in [6, 6.07) is 2.10. The SMILES string of the molecule is CCCCCCCC(NCCC)c1cc(F)c(F)c(F)c1. The molecular formula is C17H26F3N. The second-order valence-electron chi connectivity index (χ2n) is 5.51. The van der Waals surface area contributed by atoms with Crippen molar-refractivity contribution in [3.05, 3.63) is 35.1 Å². The van der Waals surface area contributed by atoms with Crippen molar-refractivity contribution in [2.75, 3.05) is 6.54 Å². The van der Waals surface area contributed by atoms with Crippen molar-refractivity contribution in [2.24, 2.45) is 0 Å². The van der Waals surface area contributed by atoms with Gasteiger partial charge in [-0.1, -0.05) is 46.0 Å². The molecule has 0 heterocycles. The van der Waals surface area contributed by atoms with Crippen molar-refractivity contribution in [3.63, 3.8) is 0 Å². The fourth-order valence-corrected chi connectivity index (χ4v) is 2.43. The smallest absolute Gasteiger partial charge is 0.194 e. The van der Waals surface area contributed by atoms with Crippen LogP contribution in [0.2, 0.25) is 0 Å². The third-order valence-electron chi connectivity index (χ3n) is 3.65. The van der Waals surface area contributed by atoms with E-state index < -0.39 is 17.5 Å². The van der Waals surface area contributed by atoms with Crippen LogP contribution in [-0.2, 0) is 0 Å². The molecule has 0 bridgehead atoms. The van der Waals surface area contributed by atoms with Gasteiger partial charge in [0.25, 0.3) is 0 Å². The van der Waals surface area contributed by atoms with Gasteiger partial charge in [0.2, 0.25) is 0 Å². The summed E-state index contributed by atoms with van der Waals surface area (Å²) < 4.78 is 39.8. The lowest BCUT2D eigenvalue weighted by Crippen LogP contribution is -2.22. The van der Waals surface area contributed by atoms with E-state index in [1.54, 1.807) is 0 Å². The Morgan fingerprint density at radius 2 is 1.52 bits per heavy atom. The predicted molar refractivity (Wildman–Crippen MR) is 80.7 cm³/mol. The fraction of sp³-hybridized carbons (Fsp3) is 0.647. The molecule has 4 heteroatoms. The highest BCUT2D eigenvalue weighted by Gasteiger charge is 2.16. The molecular weight excluding hydrogens is 275 g/mol. The zero-order valence-corrected chi connectivity index (χ0v) is 13.0. The van der Waals surface area contributed by atoms with Crippen molar-refractivity contribution in [1.29, 1.82) is 0 Å². The molecule has 0 saturated carbocycles. The number of hydrogen-bond donors (Lipinski definition) is 1. The molecule has 1 aromatic carbocycles. The maximum atomic E-state index is 13.4. The molecule has 0 aromatic heterocycles. The number of hydrogen-bond acceptors (Lipinski definition) is 1. The van der Waals surface area contributed by atoms with Crippen LogP contribution in [0.15, 0.2) is 12.1 Å². The summed E-state index contributed by atoms with van der Waals surface area (Å²) in [5.41, 5.74) is 0.496. The molecule has 0 radical (unpaired) electrons. The second-order valence-corrected chi connectivity index (χ2v) is 5.51. The number of unbranched alkanes of at least 4 members (excludes halogenated alkanes) is 4. The van der Waals surface area contributed by atoms with Crippen molar-refractivity contribution < 1.29 is 13.2 Å². The van der Waals surface area contributed by atoms with Gasteiger partial charge in [-0.2, -0.15) is 0 Å². The van der Waals surface area contributed by atoms with Gasteiger partial charge >= 0.3 is 0 Å². The first-order valence-corrected chi connectivity index (χ1v) is 7.98. The molecule has 1 nitrogen and oxygen atoms in total. The van der Waals surface area contributed by atoms with E-state index >= 15 is 0 Å². The van der Waals surface area contributed by atoms with Crippen LogP contribution in [0.3, 0.4) is 0 Å². The molecule has 0 spiro atoms. The monoisotopic (exact) mass is 301 g/mol. The minimum absolute atomic E-state index is 0.115. The van der Waals surface area contributed by atoms with E-state index in [1.807, 2.05) is 6.92 Å². The first-order valence-electron chi connectivity index (χ1n) is 7.98. The third kappa shape index (κ3) is 6.08. The number of benzene rings is 1. The summed E-state index contributed by atoms with van der Waals surface area (Å²) in [7, 11) is 0. The van der Waals surface area contributed by atoms with Crippen molar-refractivity contribution >= 4 is 0 Å². The average Bonchev–Trinajstić information content (AvgIpc) is 2.47. The molecule has 1 N–H and O–H groups in total. The van der Waals surface area contributed by atoms with Crippen LogP contribution in [0.5, 0.6) is 0 Å². The molecule has 1 aromatic rings. The molecule has 21 heavy (non-hydrogen) atoms. The molecule has 1 rings (SSSR count). The summed E-state index contributed by atoms with van der Waals surface area (Å²) >= 11 is 0. The molecule has 0 aliphatic carbocycles. The molecule has 0 aliphatic heterocycles. The van der Waals surface area contributed by atoms with E-state index in [0.29, 0.717) is 5.56 Å². The van der Waals surface area contributed by atoms with Gasteiger partial charge in [0.15, 0.2) is 17.5 Å². The van der Waals surface area contributed by atoms with Crippen LogP contribution in [0.4, 0.5) is 13.2 Å². The van der Waals surface area contributed by atoms with Crippen LogP contribution < -0.4 is 5.32 Å². The van der Waals surface area contributed by atoms with Gasteiger partial charge in [-0.15, -0.1) is 0 Å². The Hall–Kier alpha value is -1.03. The molecule has 1 unspecified atom stereocenters. The van der Waals surface area contributed by atoms with Gasteiger partial charge < -0.3 is 5.32 Å². The maximum Gasteiger partial charge on any atom is 0.194 e. The standard InChI is InChI=1S/C17H26F3N/c1-3-5-6-7-8-9-16(21-10-4-2)13-11-14(18)17(20)15(19)12-13/h11-12,16,21H,3-10H2,1-2H3. The van der Waals surface area contributed by atoms with Crippen LogP contribution in [0, 0.1) is 17.5 Å². The summed E-state index contributed by atoms with van der Waals surface area (Å²) in [5, 5.41) is 3.29. The molecule has 1 atom stereocenters. The lowest BCUT2D eigenvalue weighted by Gasteiger charge is -2.19. The van der Waals surface area contributed by atoms with Gasteiger partial charge in [0, 0.05) is 6.04 Å². The summed E-state index contributed by atoms with van der Waals surface area (Å²) in [6.07, 6.45) is 7.46. The van der Waals surface area contributed by atoms with Crippen molar-refractivity contribution in [2.45, 2.75) is 64.8 Å². The topological polar surface area (TPSA) is 12.0 Å². The minimum atomic E-state index is -1.39. The number of halogens is 3. The van der Waals surface area contributed by atoms with E-state index in [1.165, 1.54) is 19.3 Å². The Bertz CT molecular complexity index is 397. The molecule has 0 aliphatic rings. The Morgan fingerprint density at radius 1 is 0.905 bits per heavy atom. The highest BCUT2D eigenvalue weighted by atomic mass is 19.2. The lowest BCUT2D eigenvalue weighted by molar-refractivity contribution is 0.430. The van der Waals surface area contributed by atoms with Crippen LogP contribution in [0.25, 0.3) is 0 Å². The Balaban J connectivity index is 2.68. The van der Waals surface area contributed by atoms with E-state index in [-0.39, 0.29) is 6.04 Å². The molecule has 0 amide bonds. The van der Waals surface area contributed by atoms with Crippen LogP contribution in [0.1, 0.15) is 70.4 Å². The zero-order valence-electron chi connectivity index (χ0n) is 13.0. The lowest BCUT2D eigenvalue weighted by atomic mass is 9.99. The summed E-state index contributed by atoms with van der Waals surface area (Å²) in [6.45, 7) is 4.98. The van der Waals surface area contributed by atoms with Crippen molar-refractivity contribution in [3.8, 4) is 0 Å². The van der Waals surface area contributed by atoms with Gasteiger partial charge in [-0.3, -0.25) is 0 Å². The minimum Gasteiger partial charge on any atom is -0.310 e. The van der Waals surface area contributed by atoms with Crippen LogP contribution in [-0.4, -0.2) is 6.54 Å². The molecule has 0 fully saturated rings. The highest BCUT2D eigenvalue weighted by Crippen LogP contribution is 2.24. The normalized spacial score (nSPS) is 12.6. The van der Waals surface area contributed by atoms with Crippen LogP contribution >= 0.6 is 0 Å². The van der Waals surface area contributed by atoms with E-state index in [2.05, 4.69) is 12.2 Å². The molecule has 0 saturated heterocycles. The van der Waals surface area contributed by atoms with Gasteiger partial charge in [-0.25, -0.2) is 13.2 Å². The molecule has 120 valence electrons. The highest BCUT2D eigenvalue weighted by molar-refractivity contribution is 5.22. The number of rotatable bonds is 10. The van der Waals surface area contributed by atoms with Gasteiger partial charge in [-0.05, 0) is 37.1 Å². The Morgan fingerprint density at radius 3 is 2.10 bits per heavy atom. The van der Waals surface area contributed by atoms with Gasteiger partial charge in [0.1, 0.15) is 0 Å². The summed E-state index contributed by atoms with van der Waals surface area (Å²) in [5.74, 6) is -3.62. The van der Waals surface area contributed by atoms with E-state index in [4.69, 9.17) is 0 Å². The quantitative estimate of drug-likeness (QED) is 0.444. The first-order chi connectivity index (χ1) is 10.1. The Kier molecular flexibility index (Phi) is 8.43. The maximum absolute atomic E-state index is 13.4. The summed E-state index contributed by atoms with van der Waals surface area (Å²) in [4.78, 5) is 0. The predicted octanol–water partition coefficient (Wildman–Crippen LogP) is 5.51. The second kappa shape index (κ2) is 9.82. The van der Waals surface area contributed by atoms with Crippen molar-refractivity contribution in [1.82, 2.24) is 5.32 Å².